The fourth-order valence-corrected chi connectivity index (χ4v) is 9.79. The summed E-state index contributed by atoms with van der Waals surface area (Å²) in [5.41, 5.74) is -2.66. The minimum atomic E-state index is -0.779. The van der Waals surface area contributed by atoms with Gasteiger partial charge < -0.3 is 18.9 Å². The fourth-order valence-electron chi connectivity index (χ4n) is 9.79. The standard InChI is InChI=1S/C28H38O7/c1-15(29)33-20-13-18-24(2,3)19(30)8-10-25(18,4)17-7-11-26(5)21(16-9-12-32-14-16)34-23(31)22-28(26,35-22)27(17,20)6/h8,10,16-18,20-22H,7,9,11-14H2,1-6H3/t16?,17-,18+,20-,21+,22-,25-,26+,27+,28-/m1/s1. The van der Waals surface area contributed by atoms with Gasteiger partial charge in [0.15, 0.2) is 11.9 Å². The maximum Gasteiger partial charge on any atom is 0.338 e. The number of fused-ring (bicyclic) bond motifs is 3. The van der Waals surface area contributed by atoms with Crippen molar-refractivity contribution in [1.29, 1.82) is 0 Å². The molecule has 6 aliphatic rings. The van der Waals surface area contributed by atoms with Crippen molar-refractivity contribution in [1.82, 2.24) is 0 Å². The van der Waals surface area contributed by atoms with Crippen LogP contribution in [0.5, 0.6) is 0 Å². The van der Waals surface area contributed by atoms with Crippen molar-refractivity contribution in [3.8, 4) is 0 Å². The Hall–Kier alpha value is -1.73. The summed E-state index contributed by atoms with van der Waals surface area (Å²) in [5.74, 6) is -0.295. The van der Waals surface area contributed by atoms with Crippen LogP contribution in [0.25, 0.3) is 0 Å². The maximum absolute atomic E-state index is 13.3. The van der Waals surface area contributed by atoms with Crippen LogP contribution < -0.4 is 0 Å². The predicted octanol–water partition coefficient (Wildman–Crippen LogP) is 3.63. The smallest absolute Gasteiger partial charge is 0.338 e. The molecule has 0 amide bonds. The average molecular weight is 487 g/mol. The van der Waals surface area contributed by atoms with Crippen molar-refractivity contribution in [3.63, 3.8) is 0 Å². The van der Waals surface area contributed by atoms with E-state index in [-0.39, 0.29) is 47.0 Å². The summed E-state index contributed by atoms with van der Waals surface area (Å²) in [4.78, 5) is 38.7. The topological polar surface area (TPSA) is 91.4 Å². The molecule has 7 nitrogen and oxygen atoms in total. The minimum absolute atomic E-state index is 0.0162. The lowest BCUT2D eigenvalue weighted by atomic mass is 9.35. The first-order valence-electron chi connectivity index (χ1n) is 13.2. The van der Waals surface area contributed by atoms with Crippen LogP contribution in [0.2, 0.25) is 0 Å². The highest BCUT2D eigenvalue weighted by molar-refractivity contribution is 5.95. The van der Waals surface area contributed by atoms with Gasteiger partial charge in [-0.1, -0.05) is 40.7 Å². The zero-order chi connectivity index (χ0) is 25.2. The van der Waals surface area contributed by atoms with Crippen molar-refractivity contribution in [3.05, 3.63) is 12.2 Å². The van der Waals surface area contributed by atoms with E-state index < -0.39 is 34.1 Å². The molecule has 0 aromatic heterocycles. The Morgan fingerprint density at radius 3 is 2.49 bits per heavy atom. The lowest BCUT2D eigenvalue weighted by Gasteiger charge is -2.68. The van der Waals surface area contributed by atoms with E-state index in [4.69, 9.17) is 18.9 Å². The first-order valence-corrected chi connectivity index (χ1v) is 13.2. The number of rotatable bonds is 2. The van der Waals surface area contributed by atoms with Gasteiger partial charge in [0, 0.05) is 35.7 Å². The minimum Gasteiger partial charge on any atom is -0.462 e. The van der Waals surface area contributed by atoms with E-state index in [9.17, 15) is 14.4 Å². The van der Waals surface area contributed by atoms with Gasteiger partial charge in [-0.25, -0.2) is 4.79 Å². The van der Waals surface area contributed by atoms with Crippen molar-refractivity contribution < 1.29 is 33.3 Å². The first kappa shape index (κ1) is 23.7. The lowest BCUT2D eigenvalue weighted by Crippen LogP contribution is -2.74. The van der Waals surface area contributed by atoms with E-state index >= 15 is 0 Å². The maximum atomic E-state index is 13.3. The Balaban J connectivity index is 1.52. The Labute approximate surface area is 207 Å². The van der Waals surface area contributed by atoms with E-state index in [1.807, 2.05) is 13.8 Å². The highest BCUT2D eigenvalue weighted by atomic mass is 16.7. The fraction of sp³-hybridized carbons (Fsp3) is 0.821. The summed E-state index contributed by atoms with van der Waals surface area (Å²) in [6.07, 6.45) is 5.61. The molecule has 3 saturated heterocycles. The van der Waals surface area contributed by atoms with Crippen LogP contribution in [0.3, 0.4) is 0 Å². The molecule has 0 N–H and O–H groups in total. The van der Waals surface area contributed by atoms with Crippen LogP contribution in [-0.4, -0.2) is 54.8 Å². The Bertz CT molecular complexity index is 1030. The monoisotopic (exact) mass is 486 g/mol. The lowest BCUT2D eigenvalue weighted by molar-refractivity contribution is -0.254. The highest BCUT2D eigenvalue weighted by Gasteiger charge is 2.88. The zero-order valence-electron chi connectivity index (χ0n) is 21.7. The third-order valence-corrected chi connectivity index (χ3v) is 11.4. The van der Waals surface area contributed by atoms with E-state index in [0.29, 0.717) is 19.6 Å². The number of allylic oxidation sites excluding steroid dienone is 2. The molecular formula is C28H38O7. The van der Waals surface area contributed by atoms with Gasteiger partial charge in [-0.05, 0) is 49.0 Å². The van der Waals surface area contributed by atoms with Crippen LogP contribution in [0, 0.1) is 39.4 Å². The second kappa shape index (κ2) is 6.97. The molecule has 192 valence electrons. The quantitative estimate of drug-likeness (QED) is 0.435. The van der Waals surface area contributed by atoms with Crippen LogP contribution in [0.15, 0.2) is 12.2 Å². The average Bonchev–Trinajstić information content (AvgIpc) is 3.35. The molecule has 3 aliphatic heterocycles. The predicted molar refractivity (Wildman–Crippen MR) is 125 cm³/mol. The molecule has 3 aliphatic carbocycles. The molecule has 7 heteroatoms. The second-order valence-corrected chi connectivity index (χ2v) is 13.2. The number of cyclic esters (lactones) is 1. The van der Waals surface area contributed by atoms with E-state index in [1.54, 1.807) is 6.08 Å². The summed E-state index contributed by atoms with van der Waals surface area (Å²) in [7, 11) is 0. The molecule has 0 radical (unpaired) electrons. The molecule has 2 saturated carbocycles. The molecule has 1 spiro atoms. The molecule has 0 aromatic carbocycles. The molecule has 35 heavy (non-hydrogen) atoms. The zero-order valence-corrected chi connectivity index (χ0v) is 21.7. The van der Waals surface area contributed by atoms with Gasteiger partial charge >= 0.3 is 11.9 Å². The summed E-state index contributed by atoms with van der Waals surface area (Å²) < 4.78 is 24.5. The molecule has 5 fully saturated rings. The molecule has 1 unspecified atom stereocenters. The Morgan fingerprint density at radius 2 is 1.83 bits per heavy atom. The van der Waals surface area contributed by atoms with Gasteiger partial charge in [0.2, 0.25) is 0 Å². The largest absolute Gasteiger partial charge is 0.462 e. The number of ketones is 1. The van der Waals surface area contributed by atoms with Gasteiger partial charge in [-0.2, -0.15) is 0 Å². The van der Waals surface area contributed by atoms with E-state index in [2.05, 4.69) is 26.8 Å². The van der Waals surface area contributed by atoms with Crippen LogP contribution >= 0.6 is 0 Å². The molecule has 0 bridgehead atoms. The third kappa shape index (κ3) is 2.62. The van der Waals surface area contributed by atoms with Crippen LogP contribution in [-0.2, 0) is 33.3 Å². The third-order valence-electron chi connectivity index (χ3n) is 11.4. The first-order chi connectivity index (χ1) is 16.3. The highest BCUT2D eigenvalue weighted by Crippen LogP contribution is 2.78. The number of hydrogen-bond acceptors (Lipinski definition) is 7. The van der Waals surface area contributed by atoms with Gasteiger partial charge in [-0.15, -0.1) is 0 Å². The van der Waals surface area contributed by atoms with Gasteiger partial charge in [-0.3, -0.25) is 9.59 Å². The summed E-state index contributed by atoms with van der Waals surface area (Å²) in [5, 5.41) is 0. The number of esters is 2. The molecule has 10 atom stereocenters. The van der Waals surface area contributed by atoms with Crippen molar-refractivity contribution >= 4 is 17.7 Å². The van der Waals surface area contributed by atoms with Crippen molar-refractivity contribution in [2.24, 2.45) is 39.4 Å². The SMILES string of the molecule is CC(=O)O[C@@H]1C[C@H]2C(C)(C)C(=O)C=C[C@]2(C)[C@H]2CC[C@@]3(C)[C@H](C4CCOC4)OC(=O)[C@H]4O[C@]43[C@@]21C. The van der Waals surface area contributed by atoms with Crippen LogP contribution in [0.1, 0.15) is 67.2 Å². The molecule has 3 heterocycles. The second-order valence-electron chi connectivity index (χ2n) is 13.2. The number of hydrogen-bond donors (Lipinski definition) is 0. The number of epoxide rings is 1. The normalized spacial score (nSPS) is 53.5. The van der Waals surface area contributed by atoms with Gasteiger partial charge in [0.25, 0.3) is 0 Å². The summed E-state index contributed by atoms with van der Waals surface area (Å²) in [6.45, 7) is 13.4. The number of ether oxygens (including phenoxy) is 4. The van der Waals surface area contributed by atoms with Crippen molar-refractivity contribution in [2.45, 2.75) is 91.1 Å². The van der Waals surface area contributed by atoms with E-state index in [1.165, 1.54) is 6.92 Å². The molecule has 6 rings (SSSR count). The van der Waals surface area contributed by atoms with Gasteiger partial charge in [0.05, 0.1) is 6.61 Å². The summed E-state index contributed by atoms with van der Waals surface area (Å²) >= 11 is 0. The van der Waals surface area contributed by atoms with E-state index in [0.717, 1.165) is 19.3 Å². The van der Waals surface area contributed by atoms with Gasteiger partial charge in [0.1, 0.15) is 17.8 Å². The molecular weight excluding hydrogens is 448 g/mol. The molecule has 0 aromatic rings. The Morgan fingerprint density at radius 1 is 1.09 bits per heavy atom. The number of carbonyl (C=O) groups excluding carboxylic acids is 3. The Kier molecular flexibility index (Phi) is 4.71. The number of carbonyl (C=O) groups is 3. The summed E-state index contributed by atoms with van der Waals surface area (Å²) in [6, 6.07) is 0. The van der Waals surface area contributed by atoms with Crippen molar-refractivity contribution in [2.75, 3.05) is 13.2 Å². The van der Waals surface area contributed by atoms with Crippen LogP contribution in [0.4, 0.5) is 0 Å².